The van der Waals surface area contributed by atoms with Gasteiger partial charge in [-0.3, -0.25) is 9.59 Å². The molecule has 2 aromatic rings. The van der Waals surface area contributed by atoms with Crippen molar-refractivity contribution >= 4 is 17.8 Å². The summed E-state index contributed by atoms with van der Waals surface area (Å²) in [6.07, 6.45) is 0.0879. The van der Waals surface area contributed by atoms with Crippen LogP contribution in [-0.4, -0.2) is 60.0 Å². The Hall–Kier alpha value is -3.23. The van der Waals surface area contributed by atoms with Crippen LogP contribution in [0.5, 0.6) is 0 Å². The molecule has 9 nitrogen and oxygen atoms in total. The molecule has 3 unspecified atom stereocenters. The fourth-order valence-corrected chi connectivity index (χ4v) is 4.17. The number of amides is 2. The second-order valence-electron chi connectivity index (χ2n) is 7.63. The number of rotatable bonds is 4. The summed E-state index contributed by atoms with van der Waals surface area (Å²) in [4.78, 5) is 40.7. The molecule has 1 saturated heterocycles. The van der Waals surface area contributed by atoms with Crippen LogP contribution in [0, 0.1) is 12.8 Å². The van der Waals surface area contributed by atoms with E-state index in [4.69, 9.17) is 0 Å². The highest BCUT2D eigenvalue weighted by atomic mass is 16.4. The molecule has 1 fully saturated rings. The lowest BCUT2D eigenvalue weighted by Gasteiger charge is -2.35. The SMILES string of the molecule is Cc1nnc2n1CC(C(=O)O)N(C(=O)C1CC(=O)N(C(C)c3ccccc3)C1)C2. The fourth-order valence-electron chi connectivity index (χ4n) is 4.17. The van der Waals surface area contributed by atoms with E-state index in [-0.39, 0.29) is 43.9 Å². The van der Waals surface area contributed by atoms with Gasteiger partial charge in [-0.25, -0.2) is 4.79 Å². The van der Waals surface area contributed by atoms with Gasteiger partial charge < -0.3 is 19.5 Å². The zero-order chi connectivity index (χ0) is 20.7. The minimum atomic E-state index is -1.07. The van der Waals surface area contributed by atoms with Crippen LogP contribution in [0.4, 0.5) is 0 Å². The molecule has 9 heteroatoms. The number of fused-ring (bicyclic) bond motifs is 1. The first kappa shape index (κ1) is 19.1. The molecule has 2 aliphatic rings. The second kappa shape index (κ2) is 7.31. The van der Waals surface area contributed by atoms with Gasteiger partial charge >= 0.3 is 5.97 Å². The van der Waals surface area contributed by atoms with Crippen LogP contribution >= 0.6 is 0 Å². The molecule has 4 rings (SSSR count). The lowest BCUT2D eigenvalue weighted by molar-refractivity contribution is -0.154. The van der Waals surface area contributed by atoms with E-state index in [0.717, 1.165) is 5.56 Å². The first-order chi connectivity index (χ1) is 13.9. The van der Waals surface area contributed by atoms with Gasteiger partial charge in [-0.05, 0) is 19.4 Å². The summed E-state index contributed by atoms with van der Waals surface area (Å²) in [6.45, 7) is 4.16. The summed E-state index contributed by atoms with van der Waals surface area (Å²) in [5, 5.41) is 17.7. The normalized spacial score (nSPS) is 22.5. The molecule has 3 heterocycles. The number of aryl methyl sites for hydroxylation is 1. The fraction of sp³-hybridized carbons (Fsp3) is 0.450. The lowest BCUT2D eigenvalue weighted by atomic mass is 10.0. The molecule has 152 valence electrons. The second-order valence-corrected chi connectivity index (χ2v) is 7.63. The number of nitrogens with zero attached hydrogens (tertiary/aromatic N) is 5. The van der Waals surface area contributed by atoms with Crippen LogP contribution in [0.1, 0.15) is 36.6 Å². The smallest absolute Gasteiger partial charge is 0.328 e. The Kier molecular flexibility index (Phi) is 4.81. The van der Waals surface area contributed by atoms with Crippen molar-refractivity contribution in [1.82, 2.24) is 24.6 Å². The highest BCUT2D eigenvalue weighted by molar-refractivity contribution is 5.91. The predicted octanol–water partition coefficient (Wildman–Crippen LogP) is 0.992. The van der Waals surface area contributed by atoms with Crippen molar-refractivity contribution in [2.24, 2.45) is 5.92 Å². The predicted molar refractivity (Wildman–Crippen MR) is 101 cm³/mol. The van der Waals surface area contributed by atoms with Gasteiger partial charge in [0, 0.05) is 13.0 Å². The van der Waals surface area contributed by atoms with E-state index in [0.29, 0.717) is 11.6 Å². The molecular formula is C20H23N5O4. The number of hydrogen-bond acceptors (Lipinski definition) is 5. The maximum absolute atomic E-state index is 13.2. The summed E-state index contributed by atoms with van der Waals surface area (Å²) in [7, 11) is 0. The Morgan fingerprint density at radius 3 is 2.59 bits per heavy atom. The molecule has 0 bridgehead atoms. The number of aliphatic carboxylic acids is 1. The first-order valence-corrected chi connectivity index (χ1v) is 9.63. The number of hydrogen-bond donors (Lipinski definition) is 1. The average molecular weight is 397 g/mol. The van der Waals surface area contributed by atoms with Gasteiger partial charge in [0.15, 0.2) is 5.82 Å². The highest BCUT2D eigenvalue weighted by Crippen LogP contribution is 2.31. The van der Waals surface area contributed by atoms with Crippen LogP contribution in [0.25, 0.3) is 0 Å². The van der Waals surface area contributed by atoms with E-state index in [1.54, 1.807) is 16.4 Å². The number of carboxylic acids is 1. The van der Waals surface area contributed by atoms with Crippen molar-refractivity contribution in [3.8, 4) is 0 Å². The third-order valence-corrected chi connectivity index (χ3v) is 5.88. The number of aromatic nitrogens is 3. The monoisotopic (exact) mass is 397 g/mol. The maximum atomic E-state index is 13.2. The van der Waals surface area contributed by atoms with E-state index < -0.39 is 17.9 Å². The molecule has 1 N–H and O–H groups in total. The average Bonchev–Trinajstić information content (AvgIpc) is 3.29. The quantitative estimate of drug-likeness (QED) is 0.824. The molecule has 0 spiro atoms. The molecular weight excluding hydrogens is 374 g/mol. The molecule has 2 amide bonds. The summed E-state index contributed by atoms with van der Waals surface area (Å²) >= 11 is 0. The Morgan fingerprint density at radius 2 is 1.90 bits per heavy atom. The van der Waals surface area contributed by atoms with Crippen LogP contribution in [-0.2, 0) is 27.5 Å². The topological polar surface area (TPSA) is 109 Å². The van der Waals surface area contributed by atoms with Crippen LogP contribution < -0.4 is 0 Å². The Morgan fingerprint density at radius 1 is 1.17 bits per heavy atom. The van der Waals surface area contributed by atoms with Gasteiger partial charge in [0.05, 0.1) is 25.0 Å². The zero-order valence-corrected chi connectivity index (χ0v) is 16.4. The van der Waals surface area contributed by atoms with Crippen LogP contribution in [0.3, 0.4) is 0 Å². The molecule has 29 heavy (non-hydrogen) atoms. The van der Waals surface area contributed by atoms with E-state index in [1.807, 2.05) is 37.3 Å². The summed E-state index contributed by atoms with van der Waals surface area (Å²) < 4.78 is 1.73. The van der Waals surface area contributed by atoms with Crippen molar-refractivity contribution in [3.05, 3.63) is 47.5 Å². The van der Waals surface area contributed by atoms with Crippen LogP contribution in [0.15, 0.2) is 30.3 Å². The summed E-state index contributed by atoms with van der Waals surface area (Å²) in [5.41, 5.74) is 0.999. The third kappa shape index (κ3) is 3.37. The van der Waals surface area contributed by atoms with Crippen molar-refractivity contribution in [2.75, 3.05) is 6.54 Å². The number of carbonyl (C=O) groups excluding carboxylic acids is 2. The molecule has 0 radical (unpaired) electrons. The lowest BCUT2D eigenvalue weighted by Crippen LogP contribution is -2.52. The van der Waals surface area contributed by atoms with Crippen molar-refractivity contribution in [3.63, 3.8) is 0 Å². The van der Waals surface area contributed by atoms with Gasteiger partial charge in [0.25, 0.3) is 0 Å². The molecule has 0 aliphatic carbocycles. The molecule has 2 aliphatic heterocycles. The first-order valence-electron chi connectivity index (χ1n) is 9.63. The van der Waals surface area contributed by atoms with Crippen molar-refractivity contribution < 1.29 is 19.5 Å². The molecule has 3 atom stereocenters. The van der Waals surface area contributed by atoms with Gasteiger partial charge in [0.2, 0.25) is 11.8 Å². The molecule has 0 saturated carbocycles. The zero-order valence-electron chi connectivity index (χ0n) is 16.4. The van der Waals surface area contributed by atoms with Crippen LogP contribution in [0.2, 0.25) is 0 Å². The van der Waals surface area contributed by atoms with Gasteiger partial charge in [-0.2, -0.15) is 0 Å². The summed E-state index contributed by atoms with van der Waals surface area (Å²) in [6, 6.07) is 8.50. The minimum absolute atomic E-state index is 0.0789. The van der Waals surface area contributed by atoms with E-state index in [2.05, 4.69) is 10.2 Å². The maximum Gasteiger partial charge on any atom is 0.328 e. The molecule has 1 aromatic carbocycles. The van der Waals surface area contributed by atoms with Gasteiger partial charge in [-0.1, -0.05) is 30.3 Å². The summed E-state index contributed by atoms with van der Waals surface area (Å²) in [5.74, 6) is -0.866. The number of carbonyl (C=O) groups is 3. The Bertz CT molecular complexity index is 957. The highest BCUT2D eigenvalue weighted by Gasteiger charge is 2.43. The molecule has 1 aromatic heterocycles. The number of likely N-dealkylation sites (tertiary alicyclic amines) is 1. The van der Waals surface area contributed by atoms with Gasteiger partial charge in [-0.15, -0.1) is 10.2 Å². The minimum Gasteiger partial charge on any atom is -0.480 e. The third-order valence-electron chi connectivity index (χ3n) is 5.88. The van der Waals surface area contributed by atoms with E-state index in [1.165, 1.54) is 4.90 Å². The Labute approximate surface area is 167 Å². The van der Waals surface area contributed by atoms with Gasteiger partial charge in [0.1, 0.15) is 11.9 Å². The van der Waals surface area contributed by atoms with E-state index in [9.17, 15) is 19.5 Å². The standard InChI is InChI=1S/C20H23N5O4/c1-12(14-6-4-3-5-7-14)23-9-15(8-18(23)26)19(27)25-11-17-22-21-13(2)24(17)10-16(25)20(28)29/h3-7,12,15-16H,8-11H2,1-2H3,(H,28,29). The van der Waals surface area contributed by atoms with E-state index >= 15 is 0 Å². The number of carboxylic acid groups (broad SMARTS) is 1. The number of benzene rings is 1. The van der Waals surface area contributed by atoms with Crippen molar-refractivity contribution in [2.45, 2.75) is 45.4 Å². The Balaban J connectivity index is 1.53. The van der Waals surface area contributed by atoms with Crippen molar-refractivity contribution in [1.29, 1.82) is 0 Å². The largest absolute Gasteiger partial charge is 0.480 e.